The van der Waals surface area contributed by atoms with Gasteiger partial charge in [0.1, 0.15) is 0 Å². The topological polar surface area (TPSA) is 32.6 Å². The maximum absolute atomic E-state index is 4.66. The highest BCUT2D eigenvalue weighted by molar-refractivity contribution is 7.15. The second-order valence-electron chi connectivity index (χ2n) is 5.07. The third-order valence-corrected chi connectivity index (χ3v) is 4.49. The van der Waals surface area contributed by atoms with Crippen molar-refractivity contribution in [2.24, 2.45) is 0 Å². The summed E-state index contributed by atoms with van der Waals surface area (Å²) >= 11 is 1.70. The monoisotopic (exact) mass is 264 g/mol. The van der Waals surface area contributed by atoms with Gasteiger partial charge in [-0.25, -0.2) is 4.98 Å². The van der Waals surface area contributed by atoms with Crippen molar-refractivity contribution in [3.8, 4) is 0 Å². The van der Waals surface area contributed by atoms with Gasteiger partial charge in [0.25, 0.3) is 0 Å². The minimum absolute atomic E-state index is 0.694. The first-order chi connectivity index (χ1) is 8.83. The number of nitrogens with one attached hydrogen (secondary N) is 1. The Kier molecular flexibility index (Phi) is 3.63. The molecule has 1 aliphatic heterocycles. The van der Waals surface area contributed by atoms with Gasteiger partial charge in [0.05, 0.1) is 5.69 Å². The standard InChI is InChI=1S/C13H20N4S/c1-16(12-3-2-5-14-6-4-12)9-11-10-17-7-8-18-13(17)15-11/h7-8,10,12,14H,2-6,9H2,1H3. The lowest BCUT2D eigenvalue weighted by molar-refractivity contribution is 0.214. The first-order valence-corrected chi connectivity index (χ1v) is 7.53. The fourth-order valence-electron chi connectivity index (χ4n) is 2.68. The SMILES string of the molecule is CN(Cc1cn2ccsc2n1)C1CCCNCC1. The van der Waals surface area contributed by atoms with Crippen LogP contribution in [0.4, 0.5) is 0 Å². The minimum atomic E-state index is 0.694. The van der Waals surface area contributed by atoms with Gasteiger partial charge >= 0.3 is 0 Å². The molecule has 0 amide bonds. The average Bonchev–Trinajstić information content (AvgIpc) is 2.80. The molecule has 5 heteroatoms. The Bertz CT molecular complexity index is 467. The zero-order valence-corrected chi connectivity index (χ0v) is 11.6. The highest BCUT2D eigenvalue weighted by Crippen LogP contribution is 2.16. The van der Waals surface area contributed by atoms with Crippen LogP contribution in [0.5, 0.6) is 0 Å². The van der Waals surface area contributed by atoms with Crippen LogP contribution in [0.15, 0.2) is 17.8 Å². The van der Waals surface area contributed by atoms with Crippen LogP contribution in [0, 0.1) is 0 Å². The quantitative estimate of drug-likeness (QED) is 0.920. The Morgan fingerprint density at radius 1 is 1.50 bits per heavy atom. The lowest BCUT2D eigenvalue weighted by Crippen LogP contribution is -2.32. The van der Waals surface area contributed by atoms with Gasteiger partial charge in [0.2, 0.25) is 0 Å². The van der Waals surface area contributed by atoms with E-state index >= 15 is 0 Å². The van der Waals surface area contributed by atoms with Crippen molar-refractivity contribution in [3.63, 3.8) is 0 Å². The molecular weight excluding hydrogens is 244 g/mol. The number of hydrogen-bond acceptors (Lipinski definition) is 4. The van der Waals surface area contributed by atoms with E-state index in [1.54, 1.807) is 11.3 Å². The summed E-state index contributed by atoms with van der Waals surface area (Å²) in [6.07, 6.45) is 8.06. The van der Waals surface area contributed by atoms with E-state index < -0.39 is 0 Å². The molecule has 18 heavy (non-hydrogen) atoms. The lowest BCUT2D eigenvalue weighted by atomic mass is 10.1. The predicted molar refractivity (Wildman–Crippen MR) is 75.0 cm³/mol. The van der Waals surface area contributed by atoms with Crippen LogP contribution >= 0.6 is 11.3 Å². The molecule has 1 N–H and O–H groups in total. The first-order valence-electron chi connectivity index (χ1n) is 6.65. The van der Waals surface area contributed by atoms with Crippen molar-refractivity contribution in [2.45, 2.75) is 31.8 Å². The van der Waals surface area contributed by atoms with E-state index in [1.807, 2.05) is 0 Å². The van der Waals surface area contributed by atoms with E-state index in [1.165, 1.54) is 31.5 Å². The predicted octanol–water partition coefficient (Wildman–Crippen LogP) is 1.97. The summed E-state index contributed by atoms with van der Waals surface area (Å²) in [6.45, 7) is 3.27. The Labute approximate surface area is 112 Å². The van der Waals surface area contributed by atoms with Gasteiger partial charge in [-0.2, -0.15) is 0 Å². The largest absolute Gasteiger partial charge is 0.317 e. The van der Waals surface area contributed by atoms with E-state index in [0.717, 1.165) is 18.1 Å². The molecule has 1 unspecified atom stereocenters. The van der Waals surface area contributed by atoms with Gasteiger partial charge in [0, 0.05) is 30.4 Å². The van der Waals surface area contributed by atoms with Crippen molar-refractivity contribution in [1.29, 1.82) is 0 Å². The summed E-state index contributed by atoms with van der Waals surface area (Å²) in [5.74, 6) is 0. The molecule has 0 bridgehead atoms. The van der Waals surface area contributed by atoms with Gasteiger partial charge in [-0.3, -0.25) is 9.30 Å². The van der Waals surface area contributed by atoms with Crippen molar-refractivity contribution < 1.29 is 0 Å². The number of rotatable bonds is 3. The Morgan fingerprint density at radius 3 is 3.33 bits per heavy atom. The summed E-state index contributed by atoms with van der Waals surface area (Å²) < 4.78 is 2.11. The summed E-state index contributed by atoms with van der Waals surface area (Å²) in [7, 11) is 2.23. The molecule has 0 saturated carbocycles. The van der Waals surface area contributed by atoms with Crippen LogP contribution in [0.1, 0.15) is 25.0 Å². The third-order valence-electron chi connectivity index (χ3n) is 3.72. The molecule has 3 rings (SSSR count). The van der Waals surface area contributed by atoms with Crippen molar-refractivity contribution >= 4 is 16.3 Å². The molecule has 1 saturated heterocycles. The van der Waals surface area contributed by atoms with E-state index in [4.69, 9.17) is 0 Å². The van der Waals surface area contributed by atoms with Gasteiger partial charge in [-0.05, 0) is 39.4 Å². The van der Waals surface area contributed by atoms with Crippen LogP contribution in [0.2, 0.25) is 0 Å². The number of aromatic nitrogens is 2. The normalized spacial score (nSPS) is 21.6. The summed E-state index contributed by atoms with van der Waals surface area (Å²) in [5.41, 5.74) is 1.18. The van der Waals surface area contributed by atoms with E-state index in [2.05, 4.69) is 44.4 Å². The van der Waals surface area contributed by atoms with E-state index in [9.17, 15) is 0 Å². The fourth-order valence-corrected chi connectivity index (χ4v) is 3.40. The maximum atomic E-state index is 4.66. The van der Waals surface area contributed by atoms with Gasteiger partial charge in [-0.1, -0.05) is 0 Å². The van der Waals surface area contributed by atoms with Crippen molar-refractivity contribution in [1.82, 2.24) is 19.6 Å². The molecule has 0 aromatic carbocycles. The molecule has 2 aromatic heterocycles. The molecule has 1 atom stereocenters. The second-order valence-corrected chi connectivity index (χ2v) is 5.95. The smallest absolute Gasteiger partial charge is 0.193 e. The molecule has 0 spiro atoms. The molecule has 3 heterocycles. The number of nitrogens with zero attached hydrogens (tertiary/aromatic N) is 3. The van der Waals surface area contributed by atoms with Crippen molar-refractivity contribution in [2.75, 3.05) is 20.1 Å². The first kappa shape index (κ1) is 12.1. The van der Waals surface area contributed by atoms with Gasteiger partial charge < -0.3 is 5.32 Å². The van der Waals surface area contributed by atoms with Gasteiger partial charge in [-0.15, -0.1) is 11.3 Å². The zero-order valence-electron chi connectivity index (χ0n) is 10.8. The highest BCUT2D eigenvalue weighted by Gasteiger charge is 2.17. The Hall–Kier alpha value is -0.910. The molecule has 1 aliphatic rings. The van der Waals surface area contributed by atoms with Crippen LogP contribution in [-0.4, -0.2) is 40.5 Å². The summed E-state index contributed by atoms with van der Waals surface area (Å²) in [4.78, 5) is 8.21. The molecule has 1 fully saturated rings. The summed E-state index contributed by atoms with van der Waals surface area (Å²) in [5, 5.41) is 5.54. The number of thiazole rings is 1. The highest BCUT2D eigenvalue weighted by atomic mass is 32.1. The molecule has 2 aromatic rings. The Morgan fingerprint density at radius 2 is 2.44 bits per heavy atom. The fraction of sp³-hybridized carbons (Fsp3) is 0.615. The third kappa shape index (κ3) is 2.58. The van der Waals surface area contributed by atoms with E-state index in [-0.39, 0.29) is 0 Å². The number of fused-ring (bicyclic) bond motifs is 1. The molecule has 0 aliphatic carbocycles. The summed E-state index contributed by atoms with van der Waals surface area (Å²) in [6, 6.07) is 0.694. The van der Waals surface area contributed by atoms with Crippen LogP contribution < -0.4 is 5.32 Å². The van der Waals surface area contributed by atoms with Crippen LogP contribution in [0.3, 0.4) is 0 Å². The Balaban J connectivity index is 1.65. The molecule has 98 valence electrons. The zero-order chi connectivity index (χ0) is 12.4. The van der Waals surface area contributed by atoms with Crippen LogP contribution in [0.25, 0.3) is 4.96 Å². The van der Waals surface area contributed by atoms with Gasteiger partial charge in [0.15, 0.2) is 4.96 Å². The molecular formula is C13H20N4S. The van der Waals surface area contributed by atoms with Crippen LogP contribution in [-0.2, 0) is 6.54 Å². The average molecular weight is 264 g/mol. The number of hydrogen-bond donors (Lipinski definition) is 1. The lowest BCUT2D eigenvalue weighted by Gasteiger charge is -2.25. The molecule has 0 radical (unpaired) electrons. The maximum Gasteiger partial charge on any atom is 0.193 e. The number of imidazole rings is 1. The molecule has 4 nitrogen and oxygen atoms in total. The van der Waals surface area contributed by atoms with E-state index in [0.29, 0.717) is 6.04 Å². The van der Waals surface area contributed by atoms with Crippen molar-refractivity contribution in [3.05, 3.63) is 23.5 Å². The second kappa shape index (κ2) is 5.38. The minimum Gasteiger partial charge on any atom is -0.317 e.